The summed E-state index contributed by atoms with van der Waals surface area (Å²) in [5, 5.41) is 36.8. The molecule has 0 aliphatic carbocycles. The number of carboxylic acid groups (broad SMARTS) is 2. The SMILES string of the molecule is O=C(/C=C/c1ccc(O)c(C(=O)O)c1)CC(=O)/C=C/c1ccc(O)c(C(=O)O)c1. The largest absolute Gasteiger partial charge is 0.507 e. The van der Waals surface area contributed by atoms with E-state index in [9.17, 15) is 29.4 Å². The Hall–Kier alpha value is -4.20. The van der Waals surface area contributed by atoms with Crippen LogP contribution in [0.3, 0.4) is 0 Å². The summed E-state index contributed by atoms with van der Waals surface area (Å²) in [6.07, 6.45) is 4.44. The summed E-state index contributed by atoms with van der Waals surface area (Å²) in [7, 11) is 0. The second-order valence-electron chi connectivity index (χ2n) is 5.94. The van der Waals surface area contributed by atoms with Crippen molar-refractivity contribution in [3.8, 4) is 11.5 Å². The van der Waals surface area contributed by atoms with E-state index in [0.717, 1.165) is 12.2 Å². The highest BCUT2D eigenvalue weighted by Gasteiger charge is 2.11. The molecule has 0 radical (unpaired) electrons. The van der Waals surface area contributed by atoms with Gasteiger partial charge in [0.1, 0.15) is 22.6 Å². The average Bonchev–Trinajstić information content (AvgIpc) is 2.66. The van der Waals surface area contributed by atoms with Gasteiger partial charge < -0.3 is 20.4 Å². The molecule has 0 aromatic heterocycles. The Balaban J connectivity index is 2.01. The van der Waals surface area contributed by atoms with Crippen LogP contribution in [0.2, 0.25) is 0 Å². The fraction of sp³-hybridized carbons (Fsp3) is 0.0476. The Morgan fingerprint density at radius 3 is 1.41 bits per heavy atom. The highest BCUT2D eigenvalue weighted by atomic mass is 16.4. The van der Waals surface area contributed by atoms with Gasteiger partial charge in [0.15, 0.2) is 11.6 Å². The van der Waals surface area contributed by atoms with E-state index in [0.29, 0.717) is 11.1 Å². The van der Waals surface area contributed by atoms with Gasteiger partial charge in [0.05, 0.1) is 6.42 Å². The molecule has 0 unspecified atom stereocenters. The van der Waals surface area contributed by atoms with E-state index < -0.39 is 41.4 Å². The van der Waals surface area contributed by atoms with Crippen molar-refractivity contribution in [1.29, 1.82) is 0 Å². The van der Waals surface area contributed by atoms with Crippen LogP contribution in [0.4, 0.5) is 0 Å². The molecular weight excluding hydrogens is 380 g/mol. The van der Waals surface area contributed by atoms with Gasteiger partial charge in [0.2, 0.25) is 0 Å². The molecule has 2 aromatic carbocycles. The maximum atomic E-state index is 11.9. The first kappa shape index (κ1) is 21.1. The van der Waals surface area contributed by atoms with Crippen molar-refractivity contribution < 1.29 is 39.6 Å². The Bertz CT molecular complexity index is 963. The van der Waals surface area contributed by atoms with E-state index >= 15 is 0 Å². The van der Waals surface area contributed by atoms with Crippen molar-refractivity contribution in [3.63, 3.8) is 0 Å². The number of hydrogen-bond donors (Lipinski definition) is 4. The van der Waals surface area contributed by atoms with Crippen LogP contribution >= 0.6 is 0 Å². The zero-order valence-corrected chi connectivity index (χ0v) is 14.9. The second-order valence-corrected chi connectivity index (χ2v) is 5.94. The molecule has 2 aromatic rings. The average molecular weight is 396 g/mol. The van der Waals surface area contributed by atoms with Crippen LogP contribution in [0.1, 0.15) is 38.3 Å². The normalized spacial score (nSPS) is 11.0. The Labute approximate surface area is 164 Å². The molecule has 8 heteroatoms. The molecule has 8 nitrogen and oxygen atoms in total. The van der Waals surface area contributed by atoms with Crippen LogP contribution in [0.5, 0.6) is 11.5 Å². The van der Waals surface area contributed by atoms with Crippen molar-refractivity contribution in [2.75, 3.05) is 0 Å². The van der Waals surface area contributed by atoms with Gasteiger partial charge in [-0.1, -0.05) is 24.3 Å². The number of phenols is 2. The highest BCUT2D eigenvalue weighted by molar-refractivity contribution is 6.11. The summed E-state index contributed by atoms with van der Waals surface area (Å²) in [5.41, 5.74) is 0.102. The molecule has 2 rings (SSSR count). The summed E-state index contributed by atoms with van der Waals surface area (Å²) in [6.45, 7) is 0. The minimum Gasteiger partial charge on any atom is -0.507 e. The molecule has 0 amide bonds. The number of ketones is 2. The van der Waals surface area contributed by atoms with Crippen molar-refractivity contribution in [2.24, 2.45) is 0 Å². The molecule has 0 spiro atoms. The molecular formula is C21H16O8. The van der Waals surface area contributed by atoms with Gasteiger partial charge in [0.25, 0.3) is 0 Å². The van der Waals surface area contributed by atoms with Gasteiger partial charge in [-0.2, -0.15) is 0 Å². The maximum absolute atomic E-state index is 11.9. The van der Waals surface area contributed by atoms with Crippen LogP contribution in [0.15, 0.2) is 48.6 Å². The lowest BCUT2D eigenvalue weighted by atomic mass is 10.1. The fourth-order valence-electron chi connectivity index (χ4n) is 2.33. The van der Waals surface area contributed by atoms with Gasteiger partial charge >= 0.3 is 11.9 Å². The lowest BCUT2D eigenvalue weighted by Gasteiger charge is -2.01. The number of carboxylic acids is 2. The van der Waals surface area contributed by atoms with Crippen molar-refractivity contribution in [3.05, 3.63) is 70.8 Å². The first-order valence-electron chi connectivity index (χ1n) is 8.22. The molecule has 0 saturated heterocycles. The zero-order valence-electron chi connectivity index (χ0n) is 14.9. The van der Waals surface area contributed by atoms with E-state index in [2.05, 4.69) is 0 Å². The molecule has 148 valence electrons. The lowest BCUT2D eigenvalue weighted by Crippen LogP contribution is -2.02. The van der Waals surface area contributed by atoms with Crippen LogP contribution < -0.4 is 0 Å². The van der Waals surface area contributed by atoms with Crippen LogP contribution in [-0.2, 0) is 9.59 Å². The summed E-state index contributed by atoms with van der Waals surface area (Å²) >= 11 is 0. The smallest absolute Gasteiger partial charge is 0.339 e. The number of carbonyl (C=O) groups excluding carboxylic acids is 2. The Morgan fingerprint density at radius 2 is 1.07 bits per heavy atom. The molecule has 0 bridgehead atoms. The predicted molar refractivity (Wildman–Crippen MR) is 103 cm³/mol. The number of benzene rings is 2. The number of aromatic hydroxyl groups is 2. The number of allylic oxidation sites excluding steroid dienone is 2. The molecule has 4 N–H and O–H groups in total. The zero-order chi connectivity index (χ0) is 21.6. The van der Waals surface area contributed by atoms with Crippen molar-refractivity contribution in [2.45, 2.75) is 6.42 Å². The van der Waals surface area contributed by atoms with Crippen molar-refractivity contribution >= 4 is 35.7 Å². The Morgan fingerprint density at radius 1 is 0.690 bits per heavy atom. The summed E-state index contributed by atoms with van der Waals surface area (Å²) in [6, 6.07) is 7.58. The third-order valence-electron chi connectivity index (χ3n) is 3.77. The van der Waals surface area contributed by atoms with Gasteiger partial charge in [-0.15, -0.1) is 0 Å². The van der Waals surface area contributed by atoms with E-state index in [4.69, 9.17) is 10.2 Å². The highest BCUT2D eigenvalue weighted by Crippen LogP contribution is 2.20. The van der Waals surface area contributed by atoms with E-state index in [1.807, 2.05) is 0 Å². The summed E-state index contributed by atoms with van der Waals surface area (Å²) < 4.78 is 0. The first-order chi connectivity index (χ1) is 13.7. The molecule has 0 saturated carbocycles. The summed E-state index contributed by atoms with van der Waals surface area (Å²) in [4.78, 5) is 45.7. The topological polar surface area (TPSA) is 149 Å². The number of aromatic carboxylic acids is 2. The Kier molecular flexibility index (Phi) is 6.65. The fourth-order valence-corrected chi connectivity index (χ4v) is 2.33. The van der Waals surface area contributed by atoms with Gasteiger partial charge in [0, 0.05) is 0 Å². The van der Waals surface area contributed by atoms with Crippen LogP contribution in [0.25, 0.3) is 12.2 Å². The van der Waals surface area contributed by atoms with Gasteiger partial charge in [-0.3, -0.25) is 9.59 Å². The standard InChI is InChI=1S/C21H16O8/c22-14(5-1-12-3-7-18(24)16(9-12)20(26)27)11-15(23)6-2-13-4-8-19(25)17(10-13)21(28)29/h1-10,24-25H,11H2,(H,26,27)(H,28,29)/b5-1+,6-2+. The van der Waals surface area contributed by atoms with Crippen LogP contribution in [0, 0.1) is 0 Å². The minimum atomic E-state index is -1.32. The van der Waals surface area contributed by atoms with Crippen molar-refractivity contribution in [1.82, 2.24) is 0 Å². The third-order valence-corrected chi connectivity index (χ3v) is 3.77. The minimum absolute atomic E-state index is 0.312. The maximum Gasteiger partial charge on any atom is 0.339 e. The van der Waals surface area contributed by atoms with Gasteiger partial charge in [-0.25, -0.2) is 9.59 Å². The van der Waals surface area contributed by atoms with Crippen LogP contribution in [-0.4, -0.2) is 43.9 Å². The quantitative estimate of drug-likeness (QED) is 0.393. The monoisotopic (exact) mass is 396 g/mol. The second kappa shape index (κ2) is 9.14. The first-order valence-corrected chi connectivity index (χ1v) is 8.22. The molecule has 0 heterocycles. The van der Waals surface area contributed by atoms with Gasteiger partial charge in [-0.05, 0) is 47.5 Å². The molecule has 0 aliphatic rings. The molecule has 0 fully saturated rings. The number of rotatable bonds is 8. The lowest BCUT2D eigenvalue weighted by molar-refractivity contribution is -0.121. The number of hydrogen-bond acceptors (Lipinski definition) is 6. The van der Waals surface area contributed by atoms with E-state index in [1.54, 1.807) is 0 Å². The summed E-state index contributed by atoms with van der Waals surface area (Å²) in [5.74, 6) is -4.49. The van der Waals surface area contributed by atoms with E-state index in [1.165, 1.54) is 48.6 Å². The molecule has 29 heavy (non-hydrogen) atoms. The molecule has 0 atom stereocenters. The predicted octanol–water partition coefficient (Wildman–Crippen LogP) is 2.75. The molecule has 0 aliphatic heterocycles. The van der Waals surface area contributed by atoms with E-state index in [-0.39, 0.29) is 11.1 Å². The third kappa shape index (κ3) is 5.90. The number of carbonyl (C=O) groups is 4.